The molecule has 1 saturated heterocycles. The van der Waals surface area contributed by atoms with Crippen LogP contribution >= 0.6 is 0 Å². The Morgan fingerprint density at radius 3 is 2.83 bits per heavy atom. The number of carbonyl (C=O) groups is 1. The number of halogens is 1. The third-order valence-electron chi connectivity index (χ3n) is 6.51. The van der Waals surface area contributed by atoms with Crippen molar-refractivity contribution in [1.82, 2.24) is 24.7 Å². The summed E-state index contributed by atoms with van der Waals surface area (Å²) in [6.07, 6.45) is 1.15. The molecular formula is C21H30FN7O. The highest BCUT2D eigenvalue weighted by atomic mass is 19.1. The maximum absolute atomic E-state index is 14.1. The number of hydrogen-bond donors (Lipinski definition) is 1. The first-order chi connectivity index (χ1) is 14.2. The topological polar surface area (TPSA) is 77.0 Å². The van der Waals surface area contributed by atoms with E-state index < -0.39 is 11.4 Å². The van der Waals surface area contributed by atoms with E-state index in [4.69, 9.17) is 0 Å². The first-order valence-electron chi connectivity index (χ1n) is 10.6. The summed E-state index contributed by atoms with van der Waals surface area (Å²) in [7, 11) is 0. The number of hydrogen-bond acceptors (Lipinski definition) is 6. The molecule has 0 aliphatic carbocycles. The molecule has 0 aromatic carbocycles. The van der Waals surface area contributed by atoms with E-state index >= 15 is 0 Å². The number of carbonyl (C=O) groups excluding carboxylic acids is 1. The van der Waals surface area contributed by atoms with Gasteiger partial charge in [0.05, 0.1) is 24.8 Å². The van der Waals surface area contributed by atoms with Gasteiger partial charge in [-0.15, -0.1) is 0 Å². The zero-order valence-corrected chi connectivity index (χ0v) is 18.4. The summed E-state index contributed by atoms with van der Waals surface area (Å²) >= 11 is 0. The van der Waals surface area contributed by atoms with E-state index in [1.807, 2.05) is 9.80 Å². The molecule has 0 saturated carbocycles. The molecule has 1 atom stereocenters. The number of aryl methyl sites for hydroxylation is 1. The highest BCUT2D eigenvalue weighted by Crippen LogP contribution is 2.39. The number of nitrogens with one attached hydrogen (secondary N) is 1. The van der Waals surface area contributed by atoms with Gasteiger partial charge in [0.15, 0.2) is 11.6 Å². The van der Waals surface area contributed by atoms with Crippen molar-refractivity contribution in [2.45, 2.75) is 46.2 Å². The van der Waals surface area contributed by atoms with Gasteiger partial charge in [0, 0.05) is 31.2 Å². The first-order valence-corrected chi connectivity index (χ1v) is 10.6. The smallest absolute Gasteiger partial charge is 0.321 e. The van der Waals surface area contributed by atoms with Gasteiger partial charge in [-0.25, -0.2) is 19.2 Å². The lowest BCUT2D eigenvalue weighted by atomic mass is 9.94. The van der Waals surface area contributed by atoms with Crippen LogP contribution in [-0.2, 0) is 0 Å². The van der Waals surface area contributed by atoms with Crippen molar-refractivity contribution < 1.29 is 9.18 Å². The molecule has 9 heteroatoms. The van der Waals surface area contributed by atoms with Crippen molar-refractivity contribution in [3.8, 4) is 0 Å². The van der Waals surface area contributed by atoms with Crippen LogP contribution in [0.25, 0.3) is 0 Å². The third-order valence-corrected chi connectivity index (χ3v) is 6.51. The molecule has 1 N–H and O–H groups in total. The van der Waals surface area contributed by atoms with Crippen LogP contribution in [0.4, 0.5) is 15.0 Å². The Morgan fingerprint density at radius 1 is 1.37 bits per heavy atom. The molecule has 0 unspecified atom stereocenters. The van der Waals surface area contributed by atoms with Crippen molar-refractivity contribution in [3.63, 3.8) is 0 Å². The van der Waals surface area contributed by atoms with Crippen LogP contribution in [0.15, 0.2) is 22.3 Å². The lowest BCUT2D eigenvalue weighted by Gasteiger charge is -2.44. The second kappa shape index (κ2) is 7.61. The molecule has 4 heterocycles. The predicted molar refractivity (Wildman–Crippen MR) is 114 cm³/mol. The van der Waals surface area contributed by atoms with Crippen LogP contribution in [0.1, 0.15) is 33.5 Å². The van der Waals surface area contributed by atoms with Gasteiger partial charge in [-0.2, -0.15) is 0 Å². The van der Waals surface area contributed by atoms with Crippen molar-refractivity contribution in [2.24, 2.45) is 4.99 Å². The average Bonchev–Trinajstić information content (AvgIpc) is 3.22. The number of aromatic nitrogens is 2. The van der Waals surface area contributed by atoms with Crippen molar-refractivity contribution in [3.05, 3.63) is 29.0 Å². The van der Waals surface area contributed by atoms with E-state index in [0.717, 1.165) is 43.5 Å². The molecule has 3 aliphatic heterocycles. The zero-order chi connectivity index (χ0) is 21.6. The quantitative estimate of drug-likeness (QED) is 0.802. The number of piperazine rings is 1. The Hall–Kier alpha value is -2.55. The lowest BCUT2D eigenvalue weighted by Crippen LogP contribution is -2.60. The van der Waals surface area contributed by atoms with Gasteiger partial charge in [-0.1, -0.05) is 6.92 Å². The van der Waals surface area contributed by atoms with Crippen LogP contribution in [0.5, 0.6) is 0 Å². The first kappa shape index (κ1) is 20.7. The van der Waals surface area contributed by atoms with Crippen LogP contribution in [-0.4, -0.2) is 87.4 Å². The van der Waals surface area contributed by atoms with Gasteiger partial charge in [0.25, 0.3) is 0 Å². The van der Waals surface area contributed by atoms with E-state index in [2.05, 4.69) is 52.9 Å². The van der Waals surface area contributed by atoms with E-state index in [-0.39, 0.29) is 17.9 Å². The monoisotopic (exact) mass is 415 g/mol. The van der Waals surface area contributed by atoms with Crippen LogP contribution in [0, 0.1) is 12.7 Å². The second-order valence-electron chi connectivity index (χ2n) is 8.72. The molecule has 162 valence electrons. The predicted octanol–water partition coefficient (Wildman–Crippen LogP) is 2.28. The fourth-order valence-electron chi connectivity index (χ4n) is 4.58. The molecule has 1 aromatic rings. The zero-order valence-electron chi connectivity index (χ0n) is 18.4. The van der Waals surface area contributed by atoms with Gasteiger partial charge in [0.2, 0.25) is 0 Å². The van der Waals surface area contributed by atoms with E-state index in [1.165, 1.54) is 0 Å². The summed E-state index contributed by atoms with van der Waals surface area (Å²) in [5.74, 6) is 0.664. The maximum atomic E-state index is 14.1. The van der Waals surface area contributed by atoms with Crippen LogP contribution < -0.4 is 5.32 Å². The van der Waals surface area contributed by atoms with Gasteiger partial charge in [-0.05, 0) is 39.8 Å². The minimum absolute atomic E-state index is 0.0565. The number of aliphatic imine (C=N–C) groups is 1. The number of amides is 2. The molecule has 4 rings (SSSR count). The molecule has 2 amide bonds. The SMILES string of the molecule is CCN1CCN(C(=O)N2CC3=C(CN=C3Nc3nc(C)ncc3F)C2(C)C)[C@@H](C)C1. The summed E-state index contributed by atoms with van der Waals surface area (Å²) in [6.45, 7) is 14.6. The molecule has 8 nitrogen and oxygen atoms in total. The number of likely N-dealkylation sites (N-methyl/N-ethyl adjacent to an activating group) is 1. The fraction of sp³-hybridized carbons (Fsp3) is 0.619. The highest BCUT2D eigenvalue weighted by molar-refractivity contribution is 6.11. The van der Waals surface area contributed by atoms with Crippen molar-refractivity contribution >= 4 is 17.7 Å². The minimum Gasteiger partial charge on any atom is -0.322 e. The molecule has 1 fully saturated rings. The summed E-state index contributed by atoms with van der Waals surface area (Å²) in [5.41, 5.74) is 1.62. The molecule has 0 radical (unpaired) electrons. The van der Waals surface area contributed by atoms with Gasteiger partial charge in [0.1, 0.15) is 11.7 Å². The summed E-state index contributed by atoms with van der Waals surface area (Å²) < 4.78 is 14.1. The maximum Gasteiger partial charge on any atom is 0.321 e. The van der Waals surface area contributed by atoms with Crippen molar-refractivity contribution in [2.75, 3.05) is 44.6 Å². The van der Waals surface area contributed by atoms with Crippen LogP contribution in [0.2, 0.25) is 0 Å². The van der Waals surface area contributed by atoms with E-state index in [9.17, 15) is 9.18 Å². The molecular weight excluding hydrogens is 385 g/mol. The van der Waals surface area contributed by atoms with Gasteiger partial charge in [-0.3, -0.25) is 9.89 Å². The van der Waals surface area contributed by atoms with Crippen LogP contribution in [0.3, 0.4) is 0 Å². The number of rotatable bonds is 2. The second-order valence-corrected chi connectivity index (χ2v) is 8.72. The molecule has 3 aliphatic rings. The minimum atomic E-state index is -0.523. The van der Waals surface area contributed by atoms with Gasteiger partial charge >= 0.3 is 6.03 Å². The summed E-state index contributed by atoms with van der Waals surface area (Å²) in [4.78, 5) is 32.3. The third kappa shape index (κ3) is 3.45. The van der Waals surface area contributed by atoms with E-state index in [0.29, 0.717) is 24.7 Å². The van der Waals surface area contributed by atoms with Crippen molar-refractivity contribution in [1.29, 1.82) is 0 Å². The summed E-state index contributed by atoms with van der Waals surface area (Å²) in [6, 6.07) is 0.225. The largest absolute Gasteiger partial charge is 0.322 e. The molecule has 0 bridgehead atoms. The lowest BCUT2D eigenvalue weighted by molar-refractivity contribution is 0.0726. The highest BCUT2D eigenvalue weighted by Gasteiger charge is 2.47. The Balaban J connectivity index is 1.52. The number of nitrogens with zero attached hydrogens (tertiary/aromatic N) is 6. The number of urea groups is 1. The number of amidine groups is 1. The van der Waals surface area contributed by atoms with E-state index in [1.54, 1.807) is 6.92 Å². The molecule has 1 aromatic heterocycles. The molecule has 30 heavy (non-hydrogen) atoms. The Bertz CT molecular complexity index is 926. The Morgan fingerprint density at radius 2 is 2.13 bits per heavy atom. The Labute approximate surface area is 176 Å². The fourth-order valence-corrected chi connectivity index (χ4v) is 4.58. The molecule has 0 spiro atoms. The standard InChI is InChI=1S/C21H30FN7O/c1-6-27-7-8-28(13(2)11-27)20(30)29-12-15-16(21(29,4)5)9-24-18(15)26-19-17(22)10-23-14(3)25-19/h10,13H,6-9,11-12H2,1-5H3,(H,23,24,25,26)/t13-/m0/s1. The van der Waals surface area contributed by atoms with Gasteiger partial charge < -0.3 is 15.1 Å². The number of anilines is 1. The average molecular weight is 416 g/mol. The summed E-state index contributed by atoms with van der Waals surface area (Å²) in [5, 5.41) is 3.03. The normalized spacial score (nSPS) is 23.7. The Kier molecular flexibility index (Phi) is 5.25.